The molecule has 1 fully saturated rings. The van der Waals surface area contributed by atoms with E-state index in [2.05, 4.69) is 5.32 Å². The SMILES string of the molecule is CCNC1CCN(c2ccccc2C(F)(F)F)C1=O. The van der Waals surface area contributed by atoms with Crippen LogP contribution in [-0.4, -0.2) is 25.0 Å². The molecule has 1 saturated heterocycles. The van der Waals surface area contributed by atoms with E-state index in [9.17, 15) is 18.0 Å². The molecule has 1 aliphatic rings. The average molecular weight is 272 g/mol. The van der Waals surface area contributed by atoms with Gasteiger partial charge in [0.2, 0.25) is 5.91 Å². The van der Waals surface area contributed by atoms with E-state index >= 15 is 0 Å². The van der Waals surface area contributed by atoms with Gasteiger partial charge in [-0.05, 0) is 25.1 Å². The molecule has 104 valence electrons. The van der Waals surface area contributed by atoms with Gasteiger partial charge in [0.15, 0.2) is 0 Å². The van der Waals surface area contributed by atoms with Crippen molar-refractivity contribution in [2.45, 2.75) is 25.6 Å². The van der Waals surface area contributed by atoms with Crippen LogP contribution in [0.25, 0.3) is 0 Å². The third-order valence-electron chi connectivity index (χ3n) is 3.16. The van der Waals surface area contributed by atoms with Gasteiger partial charge in [0.25, 0.3) is 0 Å². The maximum absolute atomic E-state index is 12.9. The Balaban J connectivity index is 2.31. The predicted octanol–water partition coefficient (Wildman–Crippen LogP) is 2.42. The van der Waals surface area contributed by atoms with E-state index in [0.717, 1.165) is 6.07 Å². The summed E-state index contributed by atoms with van der Waals surface area (Å²) in [4.78, 5) is 13.3. The van der Waals surface area contributed by atoms with Crippen molar-refractivity contribution in [3.63, 3.8) is 0 Å². The van der Waals surface area contributed by atoms with Crippen LogP contribution in [-0.2, 0) is 11.0 Å². The van der Waals surface area contributed by atoms with Gasteiger partial charge < -0.3 is 10.2 Å². The fourth-order valence-corrected chi connectivity index (χ4v) is 2.30. The Labute approximate surface area is 109 Å². The number of hydrogen-bond acceptors (Lipinski definition) is 2. The van der Waals surface area contributed by atoms with Crippen LogP contribution < -0.4 is 10.2 Å². The molecule has 1 aromatic rings. The van der Waals surface area contributed by atoms with Gasteiger partial charge >= 0.3 is 6.18 Å². The van der Waals surface area contributed by atoms with Crippen molar-refractivity contribution in [3.05, 3.63) is 29.8 Å². The second-order valence-corrected chi connectivity index (χ2v) is 4.40. The van der Waals surface area contributed by atoms with Crippen molar-refractivity contribution in [2.24, 2.45) is 0 Å². The molecular formula is C13H15F3N2O. The summed E-state index contributed by atoms with van der Waals surface area (Å²) in [5.41, 5.74) is -0.819. The first kappa shape index (κ1) is 13.9. The number of anilines is 1. The summed E-state index contributed by atoms with van der Waals surface area (Å²) in [6.45, 7) is 2.79. The molecule has 1 aromatic carbocycles. The Morgan fingerprint density at radius 2 is 2.05 bits per heavy atom. The molecule has 1 unspecified atom stereocenters. The van der Waals surface area contributed by atoms with Gasteiger partial charge in [-0.25, -0.2) is 0 Å². The van der Waals surface area contributed by atoms with Crippen LogP contribution in [0.15, 0.2) is 24.3 Å². The molecule has 1 amide bonds. The number of nitrogens with zero attached hydrogens (tertiary/aromatic N) is 1. The van der Waals surface area contributed by atoms with E-state index in [1.165, 1.54) is 23.1 Å². The zero-order chi connectivity index (χ0) is 14.0. The van der Waals surface area contributed by atoms with Crippen LogP contribution >= 0.6 is 0 Å². The molecule has 1 N–H and O–H groups in total. The molecule has 6 heteroatoms. The van der Waals surface area contributed by atoms with E-state index in [1.54, 1.807) is 0 Å². The van der Waals surface area contributed by atoms with Crippen molar-refractivity contribution in [3.8, 4) is 0 Å². The van der Waals surface area contributed by atoms with Crippen LogP contribution in [0.3, 0.4) is 0 Å². The number of likely N-dealkylation sites (N-methyl/N-ethyl adjacent to an activating group) is 1. The maximum Gasteiger partial charge on any atom is 0.418 e. The maximum atomic E-state index is 12.9. The van der Waals surface area contributed by atoms with Gasteiger partial charge in [-0.15, -0.1) is 0 Å². The number of benzene rings is 1. The van der Waals surface area contributed by atoms with Crippen LogP contribution in [0.1, 0.15) is 18.9 Å². The molecule has 1 aliphatic heterocycles. The minimum Gasteiger partial charge on any atom is -0.310 e. The molecule has 2 rings (SSSR count). The largest absolute Gasteiger partial charge is 0.418 e. The molecule has 0 saturated carbocycles. The summed E-state index contributed by atoms with van der Waals surface area (Å²) in [5.74, 6) is -0.293. The predicted molar refractivity (Wildman–Crippen MR) is 65.9 cm³/mol. The number of para-hydroxylation sites is 1. The summed E-state index contributed by atoms with van der Waals surface area (Å²) in [6.07, 6.45) is -3.92. The molecule has 1 heterocycles. The summed E-state index contributed by atoms with van der Waals surface area (Å²) in [5, 5.41) is 2.98. The summed E-state index contributed by atoms with van der Waals surface area (Å²) >= 11 is 0. The Bertz CT molecular complexity index is 473. The fourth-order valence-electron chi connectivity index (χ4n) is 2.30. The molecule has 0 aromatic heterocycles. The second-order valence-electron chi connectivity index (χ2n) is 4.40. The lowest BCUT2D eigenvalue weighted by atomic mass is 10.1. The second kappa shape index (κ2) is 5.21. The number of nitrogens with one attached hydrogen (secondary N) is 1. The van der Waals surface area contributed by atoms with Gasteiger partial charge in [0, 0.05) is 6.54 Å². The van der Waals surface area contributed by atoms with Gasteiger partial charge in [0.05, 0.1) is 17.3 Å². The summed E-state index contributed by atoms with van der Waals surface area (Å²) in [7, 11) is 0. The highest BCUT2D eigenvalue weighted by atomic mass is 19.4. The zero-order valence-electron chi connectivity index (χ0n) is 10.5. The average Bonchev–Trinajstić information content (AvgIpc) is 2.71. The molecule has 0 bridgehead atoms. The van der Waals surface area contributed by atoms with E-state index in [0.29, 0.717) is 19.5 Å². The third-order valence-corrected chi connectivity index (χ3v) is 3.16. The van der Waals surface area contributed by atoms with Gasteiger partial charge in [-0.1, -0.05) is 19.1 Å². The lowest BCUT2D eigenvalue weighted by molar-refractivity contribution is -0.137. The number of hydrogen-bond donors (Lipinski definition) is 1. The molecule has 0 aliphatic carbocycles. The van der Waals surface area contributed by atoms with Gasteiger partial charge in [-0.3, -0.25) is 4.79 Å². The third kappa shape index (κ3) is 2.73. The Hall–Kier alpha value is -1.56. The number of halogens is 3. The van der Waals surface area contributed by atoms with E-state index < -0.39 is 11.7 Å². The molecule has 0 radical (unpaired) electrons. The van der Waals surface area contributed by atoms with E-state index in [1.807, 2.05) is 6.92 Å². The summed E-state index contributed by atoms with van der Waals surface area (Å²) in [6, 6.07) is 4.80. The van der Waals surface area contributed by atoms with Crippen molar-refractivity contribution in [2.75, 3.05) is 18.0 Å². The number of carbonyl (C=O) groups excluding carboxylic acids is 1. The summed E-state index contributed by atoms with van der Waals surface area (Å²) < 4.78 is 38.8. The first-order valence-electron chi connectivity index (χ1n) is 6.16. The number of alkyl halides is 3. The van der Waals surface area contributed by atoms with Crippen molar-refractivity contribution in [1.82, 2.24) is 5.32 Å². The topological polar surface area (TPSA) is 32.3 Å². The van der Waals surface area contributed by atoms with Gasteiger partial charge in [0.1, 0.15) is 0 Å². The van der Waals surface area contributed by atoms with Crippen LogP contribution in [0.4, 0.5) is 18.9 Å². The number of carbonyl (C=O) groups is 1. The quantitative estimate of drug-likeness (QED) is 0.916. The Morgan fingerprint density at radius 3 is 2.68 bits per heavy atom. The van der Waals surface area contributed by atoms with Crippen molar-refractivity contribution < 1.29 is 18.0 Å². The van der Waals surface area contributed by atoms with Crippen molar-refractivity contribution >= 4 is 11.6 Å². The fraction of sp³-hybridized carbons (Fsp3) is 0.462. The van der Waals surface area contributed by atoms with E-state index in [4.69, 9.17) is 0 Å². The normalized spacial score (nSPS) is 20.1. The minimum absolute atomic E-state index is 0.0552. The highest BCUT2D eigenvalue weighted by molar-refractivity contribution is 6.00. The molecular weight excluding hydrogens is 257 g/mol. The van der Waals surface area contributed by atoms with Crippen molar-refractivity contribution in [1.29, 1.82) is 0 Å². The van der Waals surface area contributed by atoms with Gasteiger partial charge in [-0.2, -0.15) is 13.2 Å². The zero-order valence-corrected chi connectivity index (χ0v) is 10.5. The van der Waals surface area contributed by atoms with E-state index in [-0.39, 0.29) is 17.6 Å². The standard InChI is InChI=1S/C13H15F3N2O/c1-2-17-10-7-8-18(12(10)19)11-6-4-3-5-9(11)13(14,15)16/h3-6,10,17H,2,7-8H2,1H3. The van der Waals surface area contributed by atoms with Crippen LogP contribution in [0.5, 0.6) is 0 Å². The first-order chi connectivity index (χ1) is 8.95. The molecule has 3 nitrogen and oxygen atoms in total. The molecule has 19 heavy (non-hydrogen) atoms. The molecule has 0 spiro atoms. The number of rotatable bonds is 3. The lowest BCUT2D eigenvalue weighted by Gasteiger charge is -2.21. The smallest absolute Gasteiger partial charge is 0.310 e. The molecule has 1 atom stereocenters. The minimum atomic E-state index is -4.45. The first-order valence-corrected chi connectivity index (χ1v) is 6.16. The monoisotopic (exact) mass is 272 g/mol. The van der Waals surface area contributed by atoms with Crippen LogP contribution in [0.2, 0.25) is 0 Å². The highest BCUT2D eigenvalue weighted by Gasteiger charge is 2.39. The highest BCUT2D eigenvalue weighted by Crippen LogP contribution is 2.37. The van der Waals surface area contributed by atoms with Crippen LogP contribution in [0, 0.1) is 0 Å². The Morgan fingerprint density at radius 1 is 1.37 bits per heavy atom. The lowest BCUT2D eigenvalue weighted by Crippen LogP contribution is -2.38. The Kier molecular flexibility index (Phi) is 3.80. The number of amides is 1.